The first-order valence-corrected chi connectivity index (χ1v) is 11.1. The highest BCUT2D eigenvalue weighted by Crippen LogP contribution is 2.34. The van der Waals surface area contributed by atoms with Gasteiger partial charge in [0.05, 0.1) is 4.90 Å². The van der Waals surface area contributed by atoms with Gasteiger partial charge in [0.1, 0.15) is 0 Å². The van der Waals surface area contributed by atoms with Crippen molar-refractivity contribution in [1.82, 2.24) is 4.31 Å². The molecule has 2 amide bonds. The zero-order valence-electron chi connectivity index (χ0n) is 16.0. The van der Waals surface area contributed by atoms with Gasteiger partial charge in [-0.3, -0.25) is 9.59 Å². The Balaban J connectivity index is 1.56. The van der Waals surface area contributed by atoms with E-state index in [1.165, 1.54) is 4.31 Å². The number of carbonyl (C=O) groups excluding carboxylic acids is 2. The largest absolute Gasteiger partial charge is 0.366 e. The molecule has 0 atom stereocenters. The first kappa shape index (κ1) is 19.6. The summed E-state index contributed by atoms with van der Waals surface area (Å²) in [5, 5.41) is 0. The van der Waals surface area contributed by atoms with Crippen LogP contribution in [-0.4, -0.2) is 37.1 Å². The van der Waals surface area contributed by atoms with Crippen LogP contribution in [0.25, 0.3) is 0 Å². The van der Waals surface area contributed by atoms with Crippen LogP contribution >= 0.6 is 0 Å². The quantitative estimate of drug-likeness (QED) is 0.752. The monoisotopic (exact) mass is 413 g/mol. The van der Waals surface area contributed by atoms with Crippen molar-refractivity contribution in [2.24, 2.45) is 5.73 Å². The lowest BCUT2D eigenvalue weighted by Gasteiger charge is -2.23. The van der Waals surface area contributed by atoms with Gasteiger partial charge in [0.2, 0.25) is 21.8 Å². The molecule has 4 rings (SSSR count). The second kappa shape index (κ2) is 7.61. The van der Waals surface area contributed by atoms with Crippen LogP contribution < -0.4 is 10.6 Å². The van der Waals surface area contributed by atoms with Gasteiger partial charge in [-0.1, -0.05) is 12.1 Å². The number of sulfonamides is 1. The van der Waals surface area contributed by atoms with Crippen LogP contribution in [0.3, 0.4) is 0 Å². The van der Waals surface area contributed by atoms with Gasteiger partial charge in [-0.2, -0.15) is 4.31 Å². The predicted molar refractivity (Wildman–Crippen MR) is 109 cm³/mol. The Morgan fingerprint density at radius 1 is 1.07 bits per heavy atom. The number of nitrogens with zero attached hydrogens (tertiary/aromatic N) is 2. The summed E-state index contributed by atoms with van der Waals surface area (Å²) in [6.07, 6.45) is 3.02. The molecule has 8 heteroatoms. The van der Waals surface area contributed by atoms with E-state index in [1.54, 1.807) is 53.4 Å². The molecule has 7 nitrogen and oxygen atoms in total. The zero-order chi connectivity index (χ0) is 20.6. The summed E-state index contributed by atoms with van der Waals surface area (Å²) < 4.78 is 28.0. The fourth-order valence-corrected chi connectivity index (χ4v) is 5.25. The van der Waals surface area contributed by atoms with Crippen LogP contribution in [0.1, 0.15) is 41.6 Å². The van der Waals surface area contributed by atoms with Crippen molar-refractivity contribution in [1.29, 1.82) is 0 Å². The van der Waals surface area contributed by atoms with E-state index in [9.17, 15) is 18.0 Å². The average Bonchev–Trinajstić information content (AvgIpc) is 3.46. The summed E-state index contributed by atoms with van der Waals surface area (Å²) in [6, 6.07) is 13.2. The highest BCUT2D eigenvalue weighted by Gasteiger charge is 2.38. The van der Waals surface area contributed by atoms with Gasteiger partial charge in [0.15, 0.2) is 0 Å². The smallest absolute Gasteiger partial charge is 0.248 e. The molecule has 1 saturated carbocycles. The minimum atomic E-state index is -3.68. The second-order valence-corrected chi connectivity index (χ2v) is 9.38. The third-order valence-electron chi connectivity index (χ3n) is 5.36. The van der Waals surface area contributed by atoms with Crippen molar-refractivity contribution in [2.45, 2.75) is 43.2 Å². The maximum absolute atomic E-state index is 13.3. The normalized spacial score (nSPS) is 17.1. The molecule has 152 valence electrons. The molecule has 0 radical (unpaired) electrons. The highest BCUT2D eigenvalue weighted by molar-refractivity contribution is 7.89. The Hall–Kier alpha value is -2.71. The van der Waals surface area contributed by atoms with E-state index >= 15 is 0 Å². The molecule has 2 N–H and O–H groups in total. The summed E-state index contributed by atoms with van der Waals surface area (Å²) in [6.45, 7) is 0.902. The number of rotatable bonds is 7. The lowest BCUT2D eigenvalue weighted by atomic mass is 10.1. The van der Waals surface area contributed by atoms with Gasteiger partial charge in [-0.25, -0.2) is 8.42 Å². The molecule has 2 aliphatic rings. The molecule has 0 aromatic heterocycles. The van der Waals surface area contributed by atoms with Crippen molar-refractivity contribution in [3.8, 4) is 0 Å². The summed E-state index contributed by atoms with van der Waals surface area (Å²) in [7, 11) is -3.68. The highest BCUT2D eigenvalue weighted by atomic mass is 32.2. The third-order valence-corrected chi connectivity index (χ3v) is 7.27. The van der Waals surface area contributed by atoms with Crippen LogP contribution in [0, 0.1) is 0 Å². The van der Waals surface area contributed by atoms with Crippen LogP contribution in [0.4, 0.5) is 5.69 Å². The molecule has 0 spiro atoms. The van der Waals surface area contributed by atoms with E-state index in [1.807, 2.05) is 0 Å². The van der Waals surface area contributed by atoms with E-state index in [0.717, 1.165) is 30.5 Å². The van der Waals surface area contributed by atoms with Gasteiger partial charge in [0, 0.05) is 36.8 Å². The molecule has 0 bridgehead atoms. The number of benzene rings is 2. The Bertz CT molecular complexity index is 1030. The molecular weight excluding hydrogens is 390 g/mol. The summed E-state index contributed by atoms with van der Waals surface area (Å²) in [5.41, 5.74) is 7.18. The van der Waals surface area contributed by atoms with E-state index < -0.39 is 15.9 Å². The Morgan fingerprint density at radius 2 is 1.72 bits per heavy atom. The SMILES string of the molecule is NC(=O)c1ccc(CN(C2CC2)S(=O)(=O)c2ccc(N3CCCC3=O)cc2)cc1. The number of hydrogen-bond acceptors (Lipinski definition) is 4. The summed E-state index contributed by atoms with van der Waals surface area (Å²) in [4.78, 5) is 25.0. The Morgan fingerprint density at radius 3 is 2.24 bits per heavy atom. The van der Waals surface area contributed by atoms with E-state index in [-0.39, 0.29) is 23.4 Å². The van der Waals surface area contributed by atoms with E-state index in [0.29, 0.717) is 18.5 Å². The minimum Gasteiger partial charge on any atom is -0.366 e. The van der Waals surface area contributed by atoms with Gasteiger partial charge < -0.3 is 10.6 Å². The predicted octanol–water partition coefficient (Wildman–Crippen LogP) is 2.27. The molecule has 1 heterocycles. The van der Waals surface area contributed by atoms with E-state index in [2.05, 4.69) is 0 Å². The van der Waals surface area contributed by atoms with Crippen LogP contribution in [0.15, 0.2) is 53.4 Å². The lowest BCUT2D eigenvalue weighted by molar-refractivity contribution is -0.117. The van der Waals surface area contributed by atoms with Gasteiger partial charge in [-0.15, -0.1) is 0 Å². The molecule has 2 aromatic rings. The number of amides is 2. The second-order valence-electron chi connectivity index (χ2n) is 7.49. The number of anilines is 1. The fourth-order valence-electron chi connectivity index (χ4n) is 3.58. The molecule has 1 aliphatic heterocycles. The zero-order valence-corrected chi connectivity index (χ0v) is 16.8. The number of carbonyl (C=O) groups is 2. The van der Waals surface area contributed by atoms with Crippen molar-refractivity contribution >= 4 is 27.5 Å². The first-order chi connectivity index (χ1) is 13.9. The Labute approximate surface area is 170 Å². The van der Waals surface area contributed by atoms with E-state index in [4.69, 9.17) is 5.73 Å². The fraction of sp³-hybridized carbons (Fsp3) is 0.333. The lowest BCUT2D eigenvalue weighted by Crippen LogP contribution is -2.32. The van der Waals surface area contributed by atoms with Crippen molar-refractivity contribution in [3.63, 3.8) is 0 Å². The van der Waals surface area contributed by atoms with Gasteiger partial charge in [0.25, 0.3) is 0 Å². The van der Waals surface area contributed by atoms with Gasteiger partial charge >= 0.3 is 0 Å². The van der Waals surface area contributed by atoms with Crippen molar-refractivity contribution in [3.05, 3.63) is 59.7 Å². The molecule has 2 fully saturated rings. The molecule has 2 aromatic carbocycles. The van der Waals surface area contributed by atoms with Crippen LogP contribution in [0.5, 0.6) is 0 Å². The number of hydrogen-bond donors (Lipinski definition) is 1. The standard InChI is InChI=1S/C21H23N3O4S/c22-21(26)16-5-3-15(4-6-16)14-24(18-7-8-18)29(27,28)19-11-9-17(10-12-19)23-13-1-2-20(23)25/h3-6,9-12,18H,1-2,7-8,13-14H2,(H2,22,26). The third kappa shape index (κ3) is 4.04. The summed E-state index contributed by atoms with van der Waals surface area (Å²) in [5.74, 6) is -0.445. The van der Waals surface area contributed by atoms with Crippen molar-refractivity contribution < 1.29 is 18.0 Å². The Kier molecular flexibility index (Phi) is 5.14. The molecular formula is C21H23N3O4S. The van der Waals surface area contributed by atoms with Crippen molar-refractivity contribution in [2.75, 3.05) is 11.4 Å². The average molecular weight is 413 g/mol. The maximum atomic E-state index is 13.3. The summed E-state index contributed by atoms with van der Waals surface area (Å²) >= 11 is 0. The number of primary amides is 1. The topological polar surface area (TPSA) is 101 Å². The molecule has 29 heavy (non-hydrogen) atoms. The number of nitrogens with two attached hydrogens (primary N) is 1. The molecule has 1 aliphatic carbocycles. The minimum absolute atomic E-state index is 0.0179. The van der Waals surface area contributed by atoms with Gasteiger partial charge in [-0.05, 0) is 61.2 Å². The van der Waals surface area contributed by atoms with Crippen LogP contribution in [-0.2, 0) is 21.4 Å². The molecule has 1 saturated heterocycles. The molecule has 0 unspecified atom stereocenters. The maximum Gasteiger partial charge on any atom is 0.248 e. The van der Waals surface area contributed by atoms with Crippen LogP contribution in [0.2, 0.25) is 0 Å². The first-order valence-electron chi connectivity index (χ1n) is 9.67.